The molecule has 17 heavy (non-hydrogen) atoms. The Hall–Kier alpha value is -0.0500. The smallest absolute Gasteiger partial charge is 0.0216 e. The molecule has 1 nitrogen and oxygen atoms in total. The molecule has 1 heterocycles. The van der Waals surface area contributed by atoms with Crippen molar-refractivity contribution < 1.29 is 0 Å². The zero-order chi connectivity index (χ0) is 11.2. The molecule has 1 N–H and O–H groups in total. The molecule has 0 aliphatic heterocycles. The van der Waals surface area contributed by atoms with Crippen molar-refractivity contribution in [2.45, 2.75) is 58.0 Å². The molecule has 3 heteroatoms. The average molecular weight is 274 g/mol. The zero-order valence-electron chi connectivity index (χ0n) is 10.7. The summed E-state index contributed by atoms with van der Waals surface area (Å²) in [4.78, 5) is 0. The minimum atomic E-state index is 0. The third-order valence-corrected chi connectivity index (χ3v) is 4.45. The minimum absolute atomic E-state index is 0. The van der Waals surface area contributed by atoms with Crippen molar-refractivity contribution in [3.05, 3.63) is 22.4 Å². The number of nitrogens with one attached hydrogen (secondary N) is 1. The predicted molar refractivity (Wildman–Crippen MR) is 79.1 cm³/mol. The molecule has 1 aromatic rings. The summed E-state index contributed by atoms with van der Waals surface area (Å²) in [5, 5.41) is 8.19. The van der Waals surface area contributed by atoms with E-state index in [2.05, 4.69) is 29.1 Å². The largest absolute Gasteiger partial charge is 0.310 e. The topological polar surface area (TPSA) is 12.0 Å². The van der Waals surface area contributed by atoms with E-state index in [1.807, 2.05) is 0 Å². The third kappa shape index (κ3) is 4.61. The first-order valence-corrected chi connectivity index (χ1v) is 7.59. The second kappa shape index (κ2) is 8.12. The van der Waals surface area contributed by atoms with Gasteiger partial charge in [0.1, 0.15) is 0 Å². The second-order valence-corrected chi connectivity index (χ2v) is 5.73. The van der Waals surface area contributed by atoms with E-state index >= 15 is 0 Å². The molecule has 1 saturated carbocycles. The van der Waals surface area contributed by atoms with Gasteiger partial charge in [-0.05, 0) is 47.6 Å². The lowest BCUT2D eigenvalue weighted by Gasteiger charge is -2.32. The number of rotatable bonds is 5. The Morgan fingerprint density at radius 2 is 2.18 bits per heavy atom. The Balaban J connectivity index is 0.00000144. The number of hydrogen-bond acceptors (Lipinski definition) is 2. The van der Waals surface area contributed by atoms with Gasteiger partial charge in [0.05, 0.1) is 0 Å². The number of hydrogen-bond donors (Lipinski definition) is 1. The highest BCUT2D eigenvalue weighted by molar-refractivity contribution is 7.07. The van der Waals surface area contributed by atoms with Crippen LogP contribution in [0.4, 0.5) is 0 Å². The summed E-state index contributed by atoms with van der Waals surface area (Å²) in [5.41, 5.74) is 1.45. The molecule has 0 saturated heterocycles. The van der Waals surface area contributed by atoms with E-state index in [9.17, 15) is 0 Å². The Morgan fingerprint density at radius 1 is 1.35 bits per heavy atom. The molecule has 1 aromatic heterocycles. The van der Waals surface area contributed by atoms with Crippen LogP contribution in [0, 0.1) is 5.92 Å². The summed E-state index contributed by atoms with van der Waals surface area (Å²) in [5.74, 6) is 0.928. The van der Waals surface area contributed by atoms with Gasteiger partial charge in [-0.2, -0.15) is 11.3 Å². The second-order valence-electron chi connectivity index (χ2n) is 4.95. The maximum Gasteiger partial charge on any atom is 0.0216 e. The molecule has 1 aliphatic carbocycles. The maximum atomic E-state index is 3.77. The van der Waals surface area contributed by atoms with Crippen molar-refractivity contribution in [3.63, 3.8) is 0 Å². The van der Waals surface area contributed by atoms with Gasteiger partial charge in [0.25, 0.3) is 0 Å². The molecular weight excluding hydrogens is 250 g/mol. The van der Waals surface area contributed by atoms with Gasteiger partial charge < -0.3 is 5.32 Å². The van der Waals surface area contributed by atoms with E-state index in [-0.39, 0.29) is 12.4 Å². The monoisotopic (exact) mass is 273 g/mol. The summed E-state index contributed by atoms with van der Waals surface area (Å²) < 4.78 is 0. The van der Waals surface area contributed by atoms with E-state index in [0.29, 0.717) is 0 Å². The standard InChI is InChI=1S/C14H23NS.ClH/c1-2-5-13-6-3-4-7-14(13)15-10-12-8-9-16-11-12;/h8-9,11,13-15H,2-7,10H2,1H3;1H. The first-order chi connectivity index (χ1) is 7.90. The Labute approximate surface area is 115 Å². The maximum absolute atomic E-state index is 3.77. The van der Waals surface area contributed by atoms with Crippen molar-refractivity contribution in [1.29, 1.82) is 0 Å². The fourth-order valence-corrected chi connectivity index (χ4v) is 3.50. The van der Waals surface area contributed by atoms with E-state index in [0.717, 1.165) is 18.5 Å². The number of thiophene rings is 1. The average Bonchev–Trinajstić information content (AvgIpc) is 2.81. The van der Waals surface area contributed by atoms with E-state index in [1.165, 1.54) is 44.1 Å². The van der Waals surface area contributed by atoms with Crippen LogP contribution in [0.5, 0.6) is 0 Å². The Bertz CT molecular complexity index is 284. The van der Waals surface area contributed by atoms with Crippen molar-refractivity contribution in [2.75, 3.05) is 0 Å². The van der Waals surface area contributed by atoms with E-state index in [1.54, 1.807) is 11.3 Å². The lowest BCUT2D eigenvalue weighted by atomic mass is 9.82. The third-order valence-electron chi connectivity index (χ3n) is 3.72. The Morgan fingerprint density at radius 3 is 2.88 bits per heavy atom. The molecule has 2 unspecified atom stereocenters. The van der Waals surface area contributed by atoms with Gasteiger partial charge in [-0.1, -0.05) is 26.2 Å². The molecule has 1 fully saturated rings. The fourth-order valence-electron chi connectivity index (χ4n) is 2.83. The zero-order valence-corrected chi connectivity index (χ0v) is 12.3. The van der Waals surface area contributed by atoms with Gasteiger partial charge in [0, 0.05) is 12.6 Å². The van der Waals surface area contributed by atoms with E-state index in [4.69, 9.17) is 0 Å². The van der Waals surface area contributed by atoms with Crippen molar-refractivity contribution in [1.82, 2.24) is 5.32 Å². The van der Waals surface area contributed by atoms with Crippen molar-refractivity contribution in [2.24, 2.45) is 5.92 Å². The highest BCUT2D eigenvalue weighted by Crippen LogP contribution is 2.28. The molecule has 2 rings (SSSR count). The van der Waals surface area contributed by atoms with Crippen LogP contribution in [-0.4, -0.2) is 6.04 Å². The summed E-state index contributed by atoms with van der Waals surface area (Å²) in [6.45, 7) is 3.37. The first kappa shape index (κ1) is 15.0. The first-order valence-electron chi connectivity index (χ1n) is 6.64. The van der Waals surface area contributed by atoms with Crippen LogP contribution in [-0.2, 0) is 6.54 Å². The minimum Gasteiger partial charge on any atom is -0.310 e. The summed E-state index contributed by atoms with van der Waals surface area (Å²) in [6.07, 6.45) is 8.43. The lowest BCUT2D eigenvalue weighted by molar-refractivity contribution is 0.246. The van der Waals surface area contributed by atoms with Gasteiger partial charge in [0.2, 0.25) is 0 Å². The molecule has 0 bridgehead atoms. The summed E-state index contributed by atoms with van der Waals surface area (Å²) in [7, 11) is 0. The molecule has 98 valence electrons. The van der Waals surface area contributed by atoms with Crippen LogP contribution >= 0.6 is 23.7 Å². The summed E-state index contributed by atoms with van der Waals surface area (Å²) in [6, 6.07) is 3.00. The molecule has 2 atom stereocenters. The predicted octanol–water partition coefficient (Wildman–Crippen LogP) is 4.62. The summed E-state index contributed by atoms with van der Waals surface area (Å²) >= 11 is 1.80. The van der Waals surface area contributed by atoms with Crippen LogP contribution in [0.3, 0.4) is 0 Å². The molecule has 0 aromatic carbocycles. The number of halogens is 1. The lowest BCUT2D eigenvalue weighted by Crippen LogP contribution is -2.38. The molecule has 0 spiro atoms. The van der Waals surface area contributed by atoms with Gasteiger partial charge >= 0.3 is 0 Å². The highest BCUT2D eigenvalue weighted by Gasteiger charge is 2.23. The van der Waals surface area contributed by atoms with Gasteiger partial charge in [-0.3, -0.25) is 0 Å². The van der Waals surface area contributed by atoms with Crippen LogP contribution in [0.2, 0.25) is 0 Å². The Kier molecular flexibility index (Phi) is 7.17. The van der Waals surface area contributed by atoms with Crippen LogP contribution < -0.4 is 5.32 Å². The molecule has 0 radical (unpaired) electrons. The van der Waals surface area contributed by atoms with Crippen molar-refractivity contribution in [3.8, 4) is 0 Å². The van der Waals surface area contributed by atoms with Crippen molar-refractivity contribution >= 4 is 23.7 Å². The molecular formula is C14H24ClNS. The fraction of sp³-hybridized carbons (Fsp3) is 0.714. The quantitative estimate of drug-likeness (QED) is 0.826. The molecule has 0 amide bonds. The van der Waals surface area contributed by atoms with Crippen LogP contribution in [0.15, 0.2) is 16.8 Å². The molecule has 1 aliphatic rings. The SMILES string of the molecule is CCCC1CCCCC1NCc1ccsc1.Cl. The van der Waals surface area contributed by atoms with Crippen LogP contribution in [0.1, 0.15) is 51.0 Å². The van der Waals surface area contributed by atoms with Gasteiger partial charge in [-0.15, -0.1) is 12.4 Å². The van der Waals surface area contributed by atoms with Gasteiger partial charge in [0.15, 0.2) is 0 Å². The van der Waals surface area contributed by atoms with Gasteiger partial charge in [-0.25, -0.2) is 0 Å². The van der Waals surface area contributed by atoms with E-state index < -0.39 is 0 Å². The highest BCUT2D eigenvalue weighted by atomic mass is 35.5. The normalized spacial score (nSPS) is 24.3. The van der Waals surface area contributed by atoms with Crippen LogP contribution in [0.25, 0.3) is 0 Å².